The fourth-order valence-electron chi connectivity index (χ4n) is 0.772. The minimum absolute atomic E-state index is 0.932. The first-order valence-corrected chi connectivity index (χ1v) is 5.01. The first-order chi connectivity index (χ1) is 5.95. The first-order valence-electron chi connectivity index (χ1n) is 3.37. The van der Waals surface area contributed by atoms with Gasteiger partial charge in [0, 0.05) is 4.90 Å². The Balaban J connectivity index is 2.15. The summed E-state index contributed by atoms with van der Waals surface area (Å²) in [7, 11) is 0. The number of aromatic nitrogens is 2. The average molecular weight is 193 g/mol. The zero-order valence-corrected chi connectivity index (χ0v) is 7.73. The van der Waals surface area contributed by atoms with Crippen molar-refractivity contribution in [2.45, 2.75) is 9.24 Å². The van der Waals surface area contributed by atoms with Gasteiger partial charge >= 0.3 is 0 Å². The summed E-state index contributed by atoms with van der Waals surface area (Å²) in [6.07, 6.45) is 0. The molecule has 1 aromatic carbocycles. The van der Waals surface area contributed by atoms with Crippen LogP contribution in [-0.2, 0) is 0 Å². The molecule has 0 atom stereocenters. The highest BCUT2D eigenvalue weighted by molar-refractivity contribution is 8.01. The van der Waals surface area contributed by atoms with Crippen LogP contribution in [0.5, 0.6) is 0 Å². The molecule has 0 aliphatic heterocycles. The van der Waals surface area contributed by atoms with E-state index in [4.69, 9.17) is 0 Å². The molecular weight excluding hydrogens is 188 g/mol. The van der Waals surface area contributed by atoms with Crippen LogP contribution in [0.2, 0.25) is 0 Å². The van der Waals surface area contributed by atoms with Gasteiger partial charge in [0.1, 0.15) is 0 Å². The number of benzene rings is 1. The summed E-state index contributed by atoms with van der Waals surface area (Å²) in [6.45, 7) is 0. The maximum Gasteiger partial charge on any atom is 0.179 e. The maximum atomic E-state index is 3.89. The van der Waals surface area contributed by atoms with Gasteiger partial charge in [-0.3, -0.25) is 0 Å². The van der Waals surface area contributed by atoms with E-state index in [1.807, 2.05) is 30.3 Å². The SMILES string of the molecule is [c]1nnc(Sc2ccccc2)s1. The van der Waals surface area contributed by atoms with Gasteiger partial charge < -0.3 is 0 Å². The van der Waals surface area contributed by atoms with Crippen LogP contribution in [0.1, 0.15) is 0 Å². The molecule has 12 heavy (non-hydrogen) atoms. The molecule has 0 aliphatic carbocycles. The van der Waals surface area contributed by atoms with Crippen molar-refractivity contribution in [1.29, 1.82) is 0 Å². The largest absolute Gasteiger partial charge is 0.179 e. The van der Waals surface area contributed by atoms with Crippen LogP contribution in [0.4, 0.5) is 0 Å². The molecule has 2 rings (SSSR count). The van der Waals surface area contributed by atoms with Crippen molar-refractivity contribution in [2.24, 2.45) is 0 Å². The molecule has 2 nitrogen and oxygen atoms in total. The summed E-state index contributed by atoms with van der Waals surface area (Å²) in [4.78, 5) is 1.18. The van der Waals surface area contributed by atoms with E-state index in [1.165, 1.54) is 16.2 Å². The highest BCUT2D eigenvalue weighted by Crippen LogP contribution is 2.27. The highest BCUT2D eigenvalue weighted by atomic mass is 32.2. The Morgan fingerprint density at radius 3 is 2.75 bits per heavy atom. The molecule has 0 saturated heterocycles. The summed E-state index contributed by atoms with van der Waals surface area (Å²) < 4.78 is 0.932. The van der Waals surface area contributed by atoms with Crippen molar-refractivity contribution in [1.82, 2.24) is 10.2 Å². The molecule has 0 amide bonds. The standard InChI is InChI=1S/C8H5N2S2/c1-2-4-7(5-3-1)12-8-10-9-6-11-8/h1-5H. The van der Waals surface area contributed by atoms with Gasteiger partial charge in [-0.1, -0.05) is 41.3 Å². The van der Waals surface area contributed by atoms with Crippen molar-refractivity contribution < 1.29 is 0 Å². The van der Waals surface area contributed by atoms with Gasteiger partial charge in [0.15, 0.2) is 9.85 Å². The normalized spacial score (nSPS) is 10.0. The van der Waals surface area contributed by atoms with Crippen molar-refractivity contribution in [3.05, 3.63) is 35.8 Å². The van der Waals surface area contributed by atoms with Crippen LogP contribution < -0.4 is 0 Å². The summed E-state index contributed by atoms with van der Waals surface area (Å²) >= 11 is 3.04. The van der Waals surface area contributed by atoms with Crippen LogP contribution in [0.3, 0.4) is 0 Å². The second-order valence-corrected chi connectivity index (χ2v) is 4.17. The van der Waals surface area contributed by atoms with Crippen molar-refractivity contribution >= 4 is 23.1 Å². The minimum atomic E-state index is 0.932. The van der Waals surface area contributed by atoms with Gasteiger partial charge in [-0.2, -0.15) is 0 Å². The lowest BCUT2D eigenvalue weighted by molar-refractivity contribution is 1.01. The molecule has 1 radical (unpaired) electrons. The monoisotopic (exact) mass is 193 g/mol. The third-order valence-electron chi connectivity index (χ3n) is 1.25. The molecule has 0 fully saturated rings. The van der Waals surface area contributed by atoms with Crippen LogP contribution in [0.15, 0.2) is 39.6 Å². The van der Waals surface area contributed by atoms with Gasteiger partial charge in [-0.05, 0) is 12.1 Å². The van der Waals surface area contributed by atoms with Gasteiger partial charge in [0.25, 0.3) is 0 Å². The van der Waals surface area contributed by atoms with E-state index in [0.29, 0.717) is 0 Å². The fourth-order valence-corrected chi connectivity index (χ4v) is 2.16. The van der Waals surface area contributed by atoms with Gasteiger partial charge in [0.2, 0.25) is 0 Å². The summed E-state index contributed by atoms with van der Waals surface area (Å²) in [5.74, 6) is 0. The third kappa shape index (κ3) is 1.84. The molecule has 1 aromatic heterocycles. The maximum absolute atomic E-state index is 3.89. The van der Waals surface area contributed by atoms with E-state index in [1.54, 1.807) is 11.8 Å². The van der Waals surface area contributed by atoms with E-state index in [0.717, 1.165) is 4.34 Å². The predicted octanol–water partition coefficient (Wildman–Crippen LogP) is 2.49. The van der Waals surface area contributed by atoms with Crippen LogP contribution >= 0.6 is 23.1 Å². The Hall–Kier alpha value is -0.870. The highest BCUT2D eigenvalue weighted by Gasteiger charge is 1.98. The molecule has 0 bridgehead atoms. The Bertz CT molecular complexity index is 331. The topological polar surface area (TPSA) is 25.8 Å². The van der Waals surface area contributed by atoms with Crippen molar-refractivity contribution in [3.8, 4) is 0 Å². The number of nitrogens with zero attached hydrogens (tertiary/aromatic N) is 2. The second kappa shape index (κ2) is 3.69. The van der Waals surface area contributed by atoms with E-state index >= 15 is 0 Å². The lowest BCUT2D eigenvalue weighted by atomic mass is 10.4. The molecule has 59 valence electrons. The van der Waals surface area contributed by atoms with Gasteiger partial charge in [-0.25, -0.2) is 0 Å². The predicted molar refractivity (Wildman–Crippen MR) is 49.3 cm³/mol. The molecule has 0 unspecified atom stereocenters. The molecule has 0 aliphatic rings. The van der Waals surface area contributed by atoms with E-state index < -0.39 is 0 Å². The molecular formula is C8H5N2S2. The van der Waals surface area contributed by atoms with Gasteiger partial charge in [-0.15, -0.1) is 10.2 Å². The molecule has 0 saturated carbocycles. The molecule has 2 aromatic rings. The van der Waals surface area contributed by atoms with Crippen LogP contribution in [-0.4, -0.2) is 10.2 Å². The Kier molecular flexibility index (Phi) is 2.39. The van der Waals surface area contributed by atoms with Crippen molar-refractivity contribution in [2.75, 3.05) is 0 Å². The molecule has 1 heterocycles. The average Bonchev–Trinajstić information content (AvgIpc) is 2.59. The summed E-state index contributed by atoms with van der Waals surface area (Å²) in [5, 5.41) is 7.53. The van der Waals surface area contributed by atoms with E-state index in [9.17, 15) is 0 Å². The Labute approximate surface area is 78.7 Å². The van der Waals surface area contributed by atoms with Gasteiger partial charge in [0.05, 0.1) is 0 Å². The molecule has 0 spiro atoms. The number of rotatable bonds is 2. The number of hydrogen-bond acceptors (Lipinski definition) is 4. The quantitative estimate of drug-likeness (QED) is 0.732. The minimum Gasteiger partial charge on any atom is -0.135 e. The van der Waals surface area contributed by atoms with E-state index in [-0.39, 0.29) is 0 Å². The lowest BCUT2D eigenvalue weighted by Gasteiger charge is -1.93. The Morgan fingerprint density at radius 1 is 1.25 bits per heavy atom. The summed E-state index contributed by atoms with van der Waals surface area (Å²) in [5.41, 5.74) is 2.71. The van der Waals surface area contributed by atoms with E-state index in [2.05, 4.69) is 15.7 Å². The molecule has 0 N–H and O–H groups in total. The summed E-state index contributed by atoms with van der Waals surface area (Å²) in [6, 6.07) is 10.1. The lowest BCUT2D eigenvalue weighted by Crippen LogP contribution is -1.71. The third-order valence-corrected chi connectivity index (χ3v) is 2.95. The fraction of sp³-hybridized carbons (Fsp3) is 0. The van der Waals surface area contributed by atoms with Crippen molar-refractivity contribution in [3.63, 3.8) is 0 Å². The smallest absolute Gasteiger partial charge is 0.135 e. The zero-order chi connectivity index (χ0) is 8.23. The Morgan fingerprint density at radius 2 is 2.08 bits per heavy atom. The van der Waals surface area contributed by atoms with Crippen LogP contribution in [0.25, 0.3) is 0 Å². The molecule has 4 heteroatoms. The first kappa shape index (κ1) is 7.76. The number of hydrogen-bond donors (Lipinski definition) is 0. The van der Waals surface area contributed by atoms with Crippen LogP contribution in [0, 0.1) is 5.51 Å². The second-order valence-electron chi connectivity index (χ2n) is 2.07. The zero-order valence-electron chi connectivity index (χ0n) is 6.10.